The Hall–Kier alpha value is -2.17. The molecular weight excluding hydrogens is 493 g/mol. The Labute approximate surface area is 213 Å². The number of anilines is 2. The molecule has 0 bridgehead atoms. The van der Waals surface area contributed by atoms with Crippen molar-refractivity contribution < 1.29 is 18.7 Å². The molecule has 1 spiro atoms. The molecule has 35 heavy (non-hydrogen) atoms. The van der Waals surface area contributed by atoms with Gasteiger partial charge in [-0.05, 0) is 37.7 Å². The smallest absolute Gasteiger partial charge is 0.360 e. The molecule has 5 heterocycles. The summed E-state index contributed by atoms with van der Waals surface area (Å²) in [6.07, 6.45) is 6.70. The third-order valence-corrected chi connectivity index (χ3v) is 8.60. The van der Waals surface area contributed by atoms with E-state index in [1.807, 2.05) is 4.90 Å². The van der Waals surface area contributed by atoms with Gasteiger partial charge in [-0.3, -0.25) is 4.39 Å². The molecule has 11 heteroatoms. The summed E-state index contributed by atoms with van der Waals surface area (Å²) < 4.78 is 23.7. The Bertz CT molecular complexity index is 1090. The third kappa shape index (κ3) is 4.93. The van der Waals surface area contributed by atoms with Gasteiger partial charge in [-0.1, -0.05) is 23.4 Å². The summed E-state index contributed by atoms with van der Waals surface area (Å²) in [7, 11) is 1.35. The van der Waals surface area contributed by atoms with Gasteiger partial charge in [-0.2, -0.15) is 0 Å². The van der Waals surface area contributed by atoms with Gasteiger partial charge >= 0.3 is 5.97 Å². The fourth-order valence-electron chi connectivity index (χ4n) is 5.14. The number of methoxy groups -OCH3 is 1. The van der Waals surface area contributed by atoms with Crippen molar-refractivity contribution >= 4 is 41.0 Å². The lowest BCUT2D eigenvalue weighted by Crippen LogP contribution is -2.48. The standard InChI is InChI=1S/C24H29ClFN5O3S/c1-15-9-24(14-34-15)4-7-30(8-5-24)22-20(23(32)33-2)29-18(11-28-22)35-17-3-6-27-21(19(17)25)31-12-16(10-26)13-31/h3,6,11,15-16H,4-5,7-10,12-14H2,1-2H3/t15-/m0/s1. The molecule has 3 aliphatic heterocycles. The fraction of sp³-hybridized carbons (Fsp3) is 0.583. The molecule has 0 radical (unpaired) electrons. The highest BCUT2D eigenvalue weighted by Gasteiger charge is 2.41. The topological polar surface area (TPSA) is 80.7 Å². The van der Waals surface area contributed by atoms with Crippen LogP contribution in [0, 0.1) is 11.3 Å². The Morgan fingerprint density at radius 3 is 2.71 bits per heavy atom. The first kappa shape index (κ1) is 24.5. The van der Waals surface area contributed by atoms with E-state index < -0.39 is 5.97 Å². The summed E-state index contributed by atoms with van der Waals surface area (Å²) in [6.45, 7) is 5.36. The van der Waals surface area contributed by atoms with Crippen LogP contribution >= 0.6 is 23.4 Å². The van der Waals surface area contributed by atoms with Gasteiger partial charge in [0.15, 0.2) is 11.5 Å². The number of piperidine rings is 1. The summed E-state index contributed by atoms with van der Waals surface area (Å²) in [6, 6.07) is 1.80. The van der Waals surface area contributed by atoms with Crippen LogP contribution in [0.25, 0.3) is 0 Å². The molecule has 3 aliphatic rings. The maximum atomic E-state index is 12.8. The second-order valence-electron chi connectivity index (χ2n) is 9.66. The number of carbonyl (C=O) groups excluding carboxylic acids is 1. The van der Waals surface area contributed by atoms with Crippen LogP contribution in [-0.2, 0) is 9.47 Å². The number of ether oxygens (including phenoxy) is 2. The summed E-state index contributed by atoms with van der Waals surface area (Å²) in [4.78, 5) is 31.1. The van der Waals surface area contributed by atoms with Crippen LogP contribution in [0.15, 0.2) is 28.4 Å². The first-order valence-corrected chi connectivity index (χ1v) is 13.1. The van der Waals surface area contributed by atoms with E-state index in [0.29, 0.717) is 40.9 Å². The molecule has 3 saturated heterocycles. The minimum absolute atomic E-state index is 0.0273. The first-order chi connectivity index (χ1) is 16.9. The molecular formula is C24H29ClFN5O3S. The van der Waals surface area contributed by atoms with Crippen molar-refractivity contribution in [3.05, 3.63) is 29.2 Å². The summed E-state index contributed by atoms with van der Waals surface area (Å²) >= 11 is 7.94. The van der Waals surface area contributed by atoms with Crippen molar-refractivity contribution in [3.63, 3.8) is 0 Å². The van der Waals surface area contributed by atoms with Gasteiger partial charge in [-0.15, -0.1) is 0 Å². The molecule has 8 nitrogen and oxygen atoms in total. The van der Waals surface area contributed by atoms with E-state index in [9.17, 15) is 9.18 Å². The second-order valence-corrected chi connectivity index (χ2v) is 11.1. The van der Waals surface area contributed by atoms with Gasteiger partial charge in [0.25, 0.3) is 0 Å². The largest absolute Gasteiger partial charge is 0.464 e. The summed E-state index contributed by atoms with van der Waals surface area (Å²) in [5, 5.41) is 1.01. The SMILES string of the molecule is COC(=O)c1nc(Sc2ccnc(N3CC(CF)C3)c2Cl)cnc1N1CCC2(CC1)CO[C@@H](C)C2. The molecule has 0 amide bonds. The molecule has 3 fully saturated rings. The lowest BCUT2D eigenvalue weighted by atomic mass is 9.77. The maximum Gasteiger partial charge on any atom is 0.360 e. The monoisotopic (exact) mass is 521 g/mol. The van der Waals surface area contributed by atoms with Gasteiger partial charge in [0.05, 0.1) is 37.7 Å². The van der Waals surface area contributed by atoms with E-state index in [1.54, 1.807) is 18.5 Å². The van der Waals surface area contributed by atoms with Crippen LogP contribution in [0.3, 0.4) is 0 Å². The average molecular weight is 522 g/mol. The molecule has 5 rings (SSSR count). The van der Waals surface area contributed by atoms with Crippen molar-refractivity contribution in [2.24, 2.45) is 11.3 Å². The molecule has 2 aromatic heterocycles. The van der Waals surface area contributed by atoms with Gasteiger partial charge < -0.3 is 19.3 Å². The highest BCUT2D eigenvalue weighted by molar-refractivity contribution is 7.99. The lowest BCUT2D eigenvalue weighted by molar-refractivity contribution is 0.0593. The Balaban J connectivity index is 1.34. The third-order valence-electron chi connectivity index (χ3n) is 7.15. The zero-order valence-corrected chi connectivity index (χ0v) is 21.4. The molecule has 0 aromatic carbocycles. The molecule has 1 atom stereocenters. The van der Waals surface area contributed by atoms with Crippen LogP contribution in [0.4, 0.5) is 16.0 Å². The Morgan fingerprint density at radius 2 is 2.06 bits per heavy atom. The highest BCUT2D eigenvalue weighted by Crippen LogP contribution is 2.43. The van der Waals surface area contributed by atoms with Gasteiger partial charge in [0, 0.05) is 43.2 Å². The van der Waals surface area contributed by atoms with E-state index in [4.69, 9.17) is 21.1 Å². The Kier molecular flexibility index (Phi) is 7.05. The van der Waals surface area contributed by atoms with Gasteiger partial charge in [-0.25, -0.2) is 19.7 Å². The van der Waals surface area contributed by atoms with Crippen molar-refractivity contribution in [1.82, 2.24) is 15.0 Å². The normalized spacial score (nSPS) is 21.9. The number of esters is 1. The lowest BCUT2D eigenvalue weighted by Gasteiger charge is -2.39. The van der Waals surface area contributed by atoms with Crippen LogP contribution in [0.1, 0.15) is 36.7 Å². The molecule has 0 aliphatic carbocycles. The zero-order valence-electron chi connectivity index (χ0n) is 19.9. The average Bonchev–Trinajstić information content (AvgIpc) is 3.20. The number of carbonyl (C=O) groups is 1. The summed E-state index contributed by atoms with van der Waals surface area (Å²) in [5.74, 6) is 0.681. The van der Waals surface area contributed by atoms with Crippen molar-refractivity contribution in [2.45, 2.75) is 42.2 Å². The van der Waals surface area contributed by atoms with Crippen molar-refractivity contribution in [1.29, 1.82) is 0 Å². The van der Waals surface area contributed by atoms with Crippen LogP contribution in [0.5, 0.6) is 0 Å². The van der Waals surface area contributed by atoms with Crippen LogP contribution in [-0.4, -0.2) is 73.6 Å². The molecule has 188 valence electrons. The Morgan fingerprint density at radius 1 is 1.29 bits per heavy atom. The van der Waals surface area contributed by atoms with E-state index in [-0.39, 0.29) is 23.7 Å². The van der Waals surface area contributed by atoms with Gasteiger partial charge in [0.1, 0.15) is 10.8 Å². The van der Waals surface area contributed by atoms with E-state index in [2.05, 4.69) is 26.8 Å². The van der Waals surface area contributed by atoms with Crippen molar-refractivity contribution in [2.75, 3.05) is 56.4 Å². The number of hydrogen-bond acceptors (Lipinski definition) is 9. The zero-order chi connectivity index (χ0) is 24.6. The van der Waals surface area contributed by atoms with E-state index in [1.165, 1.54) is 18.9 Å². The second kappa shape index (κ2) is 10.1. The molecule has 0 N–H and O–H groups in total. The van der Waals surface area contributed by atoms with Crippen molar-refractivity contribution in [3.8, 4) is 0 Å². The molecule has 2 aromatic rings. The van der Waals surface area contributed by atoms with Crippen LogP contribution in [0.2, 0.25) is 5.02 Å². The minimum Gasteiger partial charge on any atom is -0.464 e. The van der Waals surface area contributed by atoms with E-state index >= 15 is 0 Å². The number of alkyl halides is 1. The predicted molar refractivity (Wildman–Crippen MR) is 132 cm³/mol. The van der Waals surface area contributed by atoms with Crippen LogP contribution < -0.4 is 9.80 Å². The van der Waals surface area contributed by atoms with Gasteiger partial charge in [0.2, 0.25) is 0 Å². The predicted octanol–water partition coefficient (Wildman–Crippen LogP) is 4.26. The number of nitrogens with zero attached hydrogens (tertiary/aromatic N) is 5. The minimum atomic E-state index is -0.521. The number of hydrogen-bond donors (Lipinski definition) is 0. The number of rotatable bonds is 6. The summed E-state index contributed by atoms with van der Waals surface area (Å²) in [5.41, 5.74) is 0.421. The fourth-order valence-corrected chi connectivity index (χ4v) is 6.26. The first-order valence-electron chi connectivity index (χ1n) is 11.9. The molecule has 0 unspecified atom stereocenters. The quantitative estimate of drug-likeness (QED) is 0.518. The number of halogens is 2. The molecule has 0 saturated carbocycles. The maximum absolute atomic E-state index is 12.8. The highest BCUT2D eigenvalue weighted by atomic mass is 35.5. The van der Waals surface area contributed by atoms with E-state index in [0.717, 1.165) is 43.9 Å². The number of pyridine rings is 1. The number of aromatic nitrogens is 3.